The average Bonchev–Trinajstić information content (AvgIpc) is 2.81. The van der Waals surface area contributed by atoms with Gasteiger partial charge >= 0.3 is 0 Å². The molecule has 0 spiro atoms. The Kier molecular flexibility index (Phi) is 2.67. The molecule has 19 heavy (non-hydrogen) atoms. The molecule has 3 heteroatoms. The molecule has 0 aliphatic carbocycles. The van der Waals surface area contributed by atoms with Gasteiger partial charge < -0.3 is 14.8 Å². The van der Waals surface area contributed by atoms with Gasteiger partial charge in [0.25, 0.3) is 0 Å². The second-order valence-corrected chi connectivity index (χ2v) is 4.61. The van der Waals surface area contributed by atoms with Gasteiger partial charge in [-0.05, 0) is 55.0 Å². The van der Waals surface area contributed by atoms with Crippen LogP contribution in [0.15, 0.2) is 46.9 Å². The maximum atomic E-state index is 9.47. The van der Waals surface area contributed by atoms with Crippen molar-refractivity contribution in [1.29, 1.82) is 0 Å². The zero-order valence-electron chi connectivity index (χ0n) is 10.9. The van der Waals surface area contributed by atoms with Gasteiger partial charge in [0, 0.05) is 23.7 Å². The molecular formula is C16H15NO2. The van der Waals surface area contributed by atoms with E-state index in [0.29, 0.717) is 0 Å². The number of phenols is 1. The predicted molar refractivity (Wildman–Crippen MR) is 77.6 cm³/mol. The molecule has 2 N–H and O–H groups in total. The van der Waals surface area contributed by atoms with Crippen LogP contribution in [0.3, 0.4) is 0 Å². The van der Waals surface area contributed by atoms with Crippen molar-refractivity contribution in [3.8, 4) is 17.1 Å². The molecule has 0 amide bonds. The van der Waals surface area contributed by atoms with Gasteiger partial charge in [-0.3, -0.25) is 0 Å². The monoisotopic (exact) mass is 253 g/mol. The van der Waals surface area contributed by atoms with Crippen LogP contribution >= 0.6 is 0 Å². The summed E-state index contributed by atoms with van der Waals surface area (Å²) in [5.41, 5.74) is 4.09. The number of hydrogen-bond donors (Lipinski definition) is 2. The molecule has 0 radical (unpaired) electrons. The maximum absolute atomic E-state index is 9.47. The third-order valence-corrected chi connectivity index (χ3v) is 3.28. The van der Waals surface area contributed by atoms with Crippen LogP contribution in [0.4, 0.5) is 5.69 Å². The van der Waals surface area contributed by atoms with Crippen LogP contribution < -0.4 is 5.32 Å². The molecule has 0 aliphatic heterocycles. The lowest BCUT2D eigenvalue weighted by atomic mass is 10.1. The predicted octanol–water partition coefficient (Wildman–Crippen LogP) is 4.16. The largest absolute Gasteiger partial charge is 0.508 e. The summed E-state index contributed by atoms with van der Waals surface area (Å²) < 4.78 is 5.81. The van der Waals surface area contributed by atoms with E-state index in [0.717, 1.165) is 28.0 Å². The summed E-state index contributed by atoms with van der Waals surface area (Å²) in [7, 11) is 1.91. The van der Waals surface area contributed by atoms with Gasteiger partial charge in [0.2, 0.25) is 0 Å². The van der Waals surface area contributed by atoms with E-state index in [1.165, 1.54) is 5.56 Å². The van der Waals surface area contributed by atoms with Crippen molar-refractivity contribution < 1.29 is 9.52 Å². The molecule has 0 aliphatic rings. The lowest BCUT2D eigenvalue weighted by Gasteiger charge is -2.06. The first-order chi connectivity index (χ1) is 9.17. The Morgan fingerprint density at radius 1 is 1.05 bits per heavy atom. The van der Waals surface area contributed by atoms with Crippen LogP contribution in [-0.4, -0.2) is 12.2 Å². The van der Waals surface area contributed by atoms with Crippen molar-refractivity contribution in [2.24, 2.45) is 0 Å². The normalized spacial score (nSPS) is 10.8. The molecule has 0 unspecified atom stereocenters. The summed E-state index contributed by atoms with van der Waals surface area (Å²) in [5, 5.41) is 13.5. The Morgan fingerprint density at radius 2 is 1.89 bits per heavy atom. The Bertz CT molecular complexity index is 744. The van der Waals surface area contributed by atoms with Crippen LogP contribution in [-0.2, 0) is 0 Å². The van der Waals surface area contributed by atoms with Crippen LogP contribution in [0, 0.1) is 6.92 Å². The van der Waals surface area contributed by atoms with Crippen molar-refractivity contribution in [3.63, 3.8) is 0 Å². The fraction of sp³-hybridized carbons (Fsp3) is 0.125. The number of hydrogen-bond acceptors (Lipinski definition) is 3. The van der Waals surface area contributed by atoms with Crippen LogP contribution in [0.25, 0.3) is 22.3 Å². The average molecular weight is 253 g/mol. The van der Waals surface area contributed by atoms with E-state index >= 15 is 0 Å². The van der Waals surface area contributed by atoms with Gasteiger partial charge in [0.05, 0.1) is 0 Å². The van der Waals surface area contributed by atoms with Crippen molar-refractivity contribution in [3.05, 3.63) is 48.0 Å². The van der Waals surface area contributed by atoms with Gasteiger partial charge in [-0.25, -0.2) is 0 Å². The second-order valence-electron chi connectivity index (χ2n) is 4.61. The fourth-order valence-corrected chi connectivity index (χ4v) is 2.27. The first kappa shape index (κ1) is 11.7. The Morgan fingerprint density at radius 3 is 2.63 bits per heavy atom. The summed E-state index contributed by atoms with van der Waals surface area (Å²) in [6, 6.07) is 13.2. The second kappa shape index (κ2) is 4.35. The molecule has 1 heterocycles. The Labute approximate surface area is 111 Å². The number of aryl methyl sites for hydroxylation is 1. The van der Waals surface area contributed by atoms with Gasteiger partial charge in [-0.2, -0.15) is 0 Å². The number of aromatic hydroxyl groups is 1. The summed E-state index contributed by atoms with van der Waals surface area (Å²) >= 11 is 0. The lowest BCUT2D eigenvalue weighted by molar-refractivity contribution is 0.476. The number of benzene rings is 2. The smallest absolute Gasteiger partial charge is 0.135 e. The minimum atomic E-state index is 0.251. The highest BCUT2D eigenvalue weighted by Crippen LogP contribution is 2.31. The standard InChI is InChI=1S/C16H15NO2/c1-10-7-11(3-5-14(10)17-2)16-9-12-8-13(18)4-6-15(12)19-16/h3-9,17-18H,1-2H3. The van der Waals surface area contributed by atoms with E-state index in [9.17, 15) is 5.11 Å². The summed E-state index contributed by atoms with van der Waals surface area (Å²) in [6.07, 6.45) is 0. The van der Waals surface area contributed by atoms with E-state index in [2.05, 4.69) is 18.3 Å². The molecule has 3 aromatic rings. The molecule has 0 fully saturated rings. The SMILES string of the molecule is CNc1ccc(-c2cc3cc(O)ccc3o2)cc1C. The third-order valence-electron chi connectivity index (χ3n) is 3.28. The lowest BCUT2D eigenvalue weighted by Crippen LogP contribution is -1.91. The number of fused-ring (bicyclic) bond motifs is 1. The molecule has 0 saturated carbocycles. The molecule has 3 nitrogen and oxygen atoms in total. The van der Waals surface area contributed by atoms with Gasteiger partial charge in [0.15, 0.2) is 0 Å². The van der Waals surface area contributed by atoms with Crippen LogP contribution in [0.1, 0.15) is 5.56 Å². The molecule has 96 valence electrons. The van der Waals surface area contributed by atoms with Crippen LogP contribution in [0.2, 0.25) is 0 Å². The highest BCUT2D eigenvalue weighted by Gasteiger charge is 2.08. The van der Waals surface area contributed by atoms with Crippen molar-refractivity contribution in [2.45, 2.75) is 6.92 Å². The third kappa shape index (κ3) is 2.03. The molecule has 1 aromatic heterocycles. The Balaban J connectivity index is 2.11. The summed E-state index contributed by atoms with van der Waals surface area (Å²) in [5.74, 6) is 1.06. The Hall–Kier alpha value is -2.42. The van der Waals surface area contributed by atoms with E-state index < -0.39 is 0 Å². The maximum Gasteiger partial charge on any atom is 0.135 e. The number of nitrogens with one attached hydrogen (secondary N) is 1. The fourth-order valence-electron chi connectivity index (χ4n) is 2.27. The minimum Gasteiger partial charge on any atom is -0.508 e. The van der Waals surface area contributed by atoms with Crippen molar-refractivity contribution >= 4 is 16.7 Å². The molecule has 3 rings (SSSR count). The van der Waals surface area contributed by atoms with E-state index in [1.807, 2.05) is 25.2 Å². The molecular weight excluding hydrogens is 238 g/mol. The molecule has 0 bridgehead atoms. The van der Waals surface area contributed by atoms with Gasteiger partial charge in [-0.1, -0.05) is 0 Å². The highest BCUT2D eigenvalue weighted by molar-refractivity contribution is 5.84. The van der Waals surface area contributed by atoms with E-state index in [4.69, 9.17) is 4.42 Å². The van der Waals surface area contributed by atoms with E-state index in [-0.39, 0.29) is 5.75 Å². The number of rotatable bonds is 2. The first-order valence-electron chi connectivity index (χ1n) is 6.19. The van der Waals surface area contributed by atoms with Crippen LogP contribution in [0.5, 0.6) is 5.75 Å². The van der Waals surface area contributed by atoms with Crippen molar-refractivity contribution in [2.75, 3.05) is 12.4 Å². The minimum absolute atomic E-state index is 0.251. The zero-order chi connectivity index (χ0) is 13.4. The number of furan rings is 1. The van der Waals surface area contributed by atoms with Gasteiger partial charge in [0.1, 0.15) is 17.1 Å². The van der Waals surface area contributed by atoms with Crippen molar-refractivity contribution in [1.82, 2.24) is 0 Å². The van der Waals surface area contributed by atoms with Gasteiger partial charge in [-0.15, -0.1) is 0 Å². The van der Waals surface area contributed by atoms with E-state index in [1.54, 1.807) is 18.2 Å². The number of anilines is 1. The molecule has 0 atom stereocenters. The topological polar surface area (TPSA) is 45.4 Å². The zero-order valence-corrected chi connectivity index (χ0v) is 10.9. The quantitative estimate of drug-likeness (QED) is 0.721. The molecule has 0 saturated heterocycles. The molecule has 2 aromatic carbocycles. The summed E-state index contributed by atoms with van der Waals surface area (Å²) in [6.45, 7) is 2.06. The highest BCUT2D eigenvalue weighted by atomic mass is 16.3. The first-order valence-corrected chi connectivity index (χ1v) is 6.19. The summed E-state index contributed by atoms with van der Waals surface area (Å²) in [4.78, 5) is 0. The number of phenolic OH excluding ortho intramolecular Hbond substituents is 1.